The van der Waals surface area contributed by atoms with Gasteiger partial charge in [0.05, 0.1) is 24.2 Å². The van der Waals surface area contributed by atoms with Crippen LogP contribution in [0.4, 0.5) is 0 Å². The van der Waals surface area contributed by atoms with Gasteiger partial charge in [-0.2, -0.15) is 0 Å². The summed E-state index contributed by atoms with van der Waals surface area (Å²) in [5.41, 5.74) is 2.04. The lowest BCUT2D eigenvalue weighted by Crippen LogP contribution is -2.39. The van der Waals surface area contributed by atoms with Crippen molar-refractivity contribution < 1.29 is 9.53 Å². The third kappa shape index (κ3) is 5.79. The fourth-order valence-electron chi connectivity index (χ4n) is 4.56. The van der Waals surface area contributed by atoms with Crippen LogP contribution in [0.3, 0.4) is 0 Å². The van der Waals surface area contributed by atoms with Crippen LogP contribution in [0.15, 0.2) is 29.2 Å². The van der Waals surface area contributed by atoms with Crippen molar-refractivity contribution in [3.63, 3.8) is 0 Å². The summed E-state index contributed by atoms with van der Waals surface area (Å²) in [5.74, 6) is -0.324. The van der Waals surface area contributed by atoms with E-state index in [1.54, 1.807) is 16.8 Å². The third-order valence-electron chi connectivity index (χ3n) is 6.58. The number of nitrogens with zero attached hydrogens (tertiary/aromatic N) is 4. The smallest absolute Gasteiger partial charge is 0.267 e. The summed E-state index contributed by atoms with van der Waals surface area (Å²) in [6.07, 6.45) is 6.67. The molecule has 3 aromatic rings. The molecule has 0 aromatic carbocycles. The number of hydrogen-bond acceptors (Lipinski definition) is 6. The Morgan fingerprint density at radius 2 is 1.94 bits per heavy atom. The first-order valence-corrected chi connectivity index (χ1v) is 12.7. The maximum Gasteiger partial charge on any atom is 0.267 e. The highest BCUT2D eigenvalue weighted by Gasteiger charge is 2.18. The molecule has 0 atom stereocenters. The van der Waals surface area contributed by atoms with Gasteiger partial charge in [-0.3, -0.25) is 24.3 Å². The number of rotatable bonds is 10. The Hall–Kier alpha value is -3.04. The highest BCUT2D eigenvalue weighted by atomic mass is 16.5. The summed E-state index contributed by atoms with van der Waals surface area (Å²) in [5, 5.41) is 12.1. The largest absolute Gasteiger partial charge is 0.379 e. The molecule has 0 radical (unpaired) electrons. The van der Waals surface area contributed by atoms with E-state index in [0.29, 0.717) is 29.8 Å². The van der Waals surface area contributed by atoms with Crippen LogP contribution in [0.5, 0.6) is 0 Å². The summed E-state index contributed by atoms with van der Waals surface area (Å²) in [6.45, 7) is 9.36. The van der Waals surface area contributed by atoms with Crippen LogP contribution in [0.25, 0.3) is 16.7 Å². The van der Waals surface area contributed by atoms with Crippen LogP contribution >= 0.6 is 0 Å². The van der Waals surface area contributed by atoms with Crippen molar-refractivity contribution in [3.8, 4) is 0 Å². The molecule has 0 aliphatic carbocycles. The van der Waals surface area contributed by atoms with Gasteiger partial charge < -0.3 is 14.6 Å². The molecule has 4 heterocycles. The predicted molar refractivity (Wildman–Crippen MR) is 136 cm³/mol. The molecule has 2 N–H and O–H groups in total. The number of carbonyl (C=O) groups is 1. The maximum atomic E-state index is 13.4. The predicted octanol–water partition coefficient (Wildman–Crippen LogP) is 2.47. The zero-order valence-electron chi connectivity index (χ0n) is 20.8. The van der Waals surface area contributed by atoms with Crippen LogP contribution in [0.1, 0.15) is 54.9 Å². The van der Waals surface area contributed by atoms with Crippen molar-refractivity contribution in [1.29, 1.82) is 5.41 Å². The monoisotopic (exact) mass is 480 g/mol. The average Bonchev–Trinajstić information content (AvgIpc) is 2.86. The lowest BCUT2D eigenvalue weighted by molar-refractivity contribution is 0.0374. The van der Waals surface area contributed by atoms with Crippen LogP contribution < -0.4 is 16.4 Å². The fourth-order valence-corrected chi connectivity index (χ4v) is 4.56. The number of unbranched alkanes of at least 4 members (excludes halogenated alkanes) is 3. The average molecular weight is 481 g/mol. The second-order valence-electron chi connectivity index (χ2n) is 9.27. The number of pyridine rings is 2. The quantitative estimate of drug-likeness (QED) is 0.343. The molecule has 1 aliphatic rings. The van der Waals surface area contributed by atoms with Crippen LogP contribution in [-0.4, -0.2) is 64.2 Å². The highest BCUT2D eigenvalue weighted by molar-refractivity contribution is 5.96. The van der Waals surface area contributed by atoms with Crippen molar-refractivity contribution in [1.82, 2.24) is 24.2 Å². The van der Waals surface area contributed by atoms with E-state index in [-0.39, 0.29) is 22.5 Å². The first-order chi connectivity index (χ1) is 17.0. The molecule has 1 fully saturated rings. The molecule has 0 bridgehead atoms. The molecule has 188 valence electrons. The summed E-state index contributed by atoms with van der Waals surface area (Å²) < 4.78 is 8.63. The van der Waals surface area contributed by atoms with Crippen molar-refractivity contribution in [2.24, 2.45) is 0 Å². The van der Waals surface area contributed by atoms with Gasteiger partial charge in [-0.25, -0.2) is 4.98 Å². The van der Waals surface area contributed by atoms with E-state index in [1.807, 2.05) is 19.1 Å². The molecule has 0 spiro atoms. The third-order valence-corrected chi connectivity index (χ3v) is 6.58. The summed E-state index contributed by atoms with van der Waals surface area (Å²) >= 11 is 0. The van der Waals surface area contributed by atoms with E-state index in [2.05, 4.69) is 17.1 Å². The van der Waals surface area contributed by atoms with E-state index in [4.69, 9.17) is 15.1 Å². The lowest BCUT2D eigenvalue weighted by atomic mass is 10.1. The first-order valence-electron chi connectivity index (χ1n) is 12.7. The summed E-state index contributed by atoms with van der Waals surface area (Å²) in [7, 11) is 0. The minimum absolute atomic E-state index is 0.100. The van der Waals surface area contributed by atoms with Gasteiger partial charge >= 0.3 is 0 Å². The Morgan fingerprint density at radius 3 is 2.71 bits per heavy atom. The second-order valence-corrected chi connectivity index (χ2v) is 9.27. The number of ether oxygens (including phenoxy) is 1. The Bertz CT molecular complexity index is 1310. The van der Waals surface area contributed by atoms with Gasteiger partial charge in [0.25, 0.3) is 11.5 Å². The van der Waals surface area contributed by atoms with Crippen molar-refractivity contribution in [2.75, 3.05) is 39.4 Å². The second kappa shape index (κ2) is 11.6. The molecule has 1 amide bonds. The van der Waals surface area contributed by atoms with Crippen LogP contribution in [0.2, 0.25) is 0 Å². The molecule has 1 aliphatic heterocycles. The standard InChI is InChI=1S/C26H36N6O3/c1-3-4-5-6-12-31-23(27)20(25(33)28-10-7-11-30-13-15-35-16-14-30)17-21-24(31)29-22-9-8-19(2)18-32(22)26(21)34/h8-9,17-18,27H,3-7,10-16H2,1-2H3,(H,28,33). The maximum absolute atomic E-state index is 13.4. The van der Waals surface area contributed by atoms with Crippen molar-refractivity contribution in [3.05, 3.63) is 51.4 Å². The molecule has 1 saturated heterocycles. The highest BCUT2D eigenvalue weighted by Crippen LogP contribution is 2.13. The lowest BCUT2D eigenvalue weighted by Gasteiger charge is -2.26. The Balaban J connectivity index is 1.63. The first kappa shape index (κ1) is 25.1. The van der Waals surface area contributed by atoms with Crippen molar-refractivity contribution in [2.45, 2.75) is 52.5 Å². The van der Waals surface area contributed by atoms with Crippen molar-refractivity contribution >= 4 is 22.6 Å². The molecule has 0 unspecified atom stereocenters. The number of morpholine rings is 1. The minimum Gasteiger partial charge on any atom is -0.379 e. The van der Waals surface area contributed by atoms with Gasteiger partial charge in [0.1, 0.15) is 16.8 Å². The van der Waals surface area contributed by atoms with Gasteiger partial charge in [-0.15, -0.1) is 0 Å². The Morgan fingerprint density at radius 1 is 1.14 bits per heavy atom. The fraction of sp³-hybridized carbons (Fsp3) is 0.538. The van der Waals surface area contributed by atoms with Gasteiger partial charge in [0, 0.05) is 32.4 Å². The number of hydrogen-bond donors (Lipinski definition) is 2. The molecule has 9 heteroatoms. The van der Waals surface area contributed by atoms with E-state index in [0.717, 1.165) is 70.5 Å². The Kier molecular flexibility index (Phi) is 8.30. The topological polar surface area (TPSA) is 105 Å². The van der Waals surface area contributed by atoms with Gasteiger partial charge in [-0.05, 0) is 44.0 Å². The van der Waals surface area contributed by atoms with E-state index >= 15 is 0 Å². The van der Waals surface area contributed by atoms with E-state index in [9.17, 15) is 9.59 Å². The number of aryl methyl sites for hydroxylation is 2. The number of fused-ring (bicyclic) bond motifs is 2. The summed E-state index contributed by atoms with van der Waals surface area (Å²) in [6, 6.07) is 5.28. The van der Waals surface area contributed by atoms with Crippen LogP contribution in [0, 0.1) is 12.3 Å². The number of amides is 1. The summed E-state index contributed by atoms with van der Waals surface area (Å²) in [4.78, 5) is 33.6. The van der Waals surface area contributed by atoms with Crippen LogP contribution in [-0.2, 0) is 11.3 Å². The van der Waals surface area contributed by atoms with E-state index < -0.39 is 0 Å². The molecular weight excluding hydrogens is 444 g/mol. The molecule has 0 saturated carbocycles. The zero-order valence-corrected chi connectivity index (χ0v) is 20.8. The Labute approximate surface area is 205 Å². The van der Waals surface area contributed by atoms with E-state index in [1.165, 1.54) is 4.40 Å². The van der Waals surface area contributed by atoms with Gasteiger partial charge in [0.2, 0.25) is 0 Å². The number of carbonyl (C=O) groups excluding carboxylic acids is 1. The number of nitrogens with one attached hydrogen (secondary N) is 2. The zero-order chi connectivity index (χ0) is 24.8. The molecule has 35 heavy (non-hydrogen) atoms. The minimum atomic E-state index is -0.324. The molecule has 9 nitrogen and oxygen atoms in total. The normalized spacial score (nSPS) is 14.6. The number of aromatic nitrogens is 3. The van der Waals surface area contributed by atoms with Gasteiger partial charge in [-0.1, -0.05) is 32.3 Å². The molecular formula is C26H36N6O3. The SMILES string of the molecule is CCCCCCn1c(=N)c(C(=O)NCCCN2CCOCC2)cc2c(=O)n3cc(C)ccc3nc21. The van der Waals surface area contributed by atoms with Gasteiger partial charge in [0.15, 0.2) is 0 Å². The molecule has 4 rings (SSSR count). The molecule has 3 aromatic heterocycles.